The van der Waals surface area contributed by atoms with Crippen LogP contribution in [0.5, 0.6) is 5.75 Å². The van der Waals surface area contributed by atoms with E-state index < -0.39 is 0 Å². The first-order chi connectivity index (χ1) is 13.5. The second-order valence-corrected chi connectivity index (χ2v) is 6.89. The zero-order valence-corrected chi connectivity index (χ0v) is 16.5. The molecule has 1 amide bonds. The summed E-state index contributed by atoms with van der Waals surface area (Å²) < 4.78 is 11.4. The lowest BCUT2D eigenvalue weighted by Gasteiger charge is -2.23. The fourth-order valence-electron chi connectivity index (χ4n) is 2.78. The largest absolute Gasteiger partial charge is 0.489 e. The number of carbonyl (C=O) groups is 1. The highest BCUT2D eigenvalue weighted by atomic mass is 16.5. The lowest BCUT2D eigenvalue weighted by Crippen LogP contribution is -2.39. The molecule has 2 aromatic carbocycles. The quantitative estimate of drug-likeness (QED) is 0.621. The Balaban J connectivity index is 1.50. The first kappa shape index (κ1) is 19.7. The van der Waals surface area contributed by atoms with E-state index >= 15 is 0 Å². The van der Waals surface area contributed by atoms with Crippen LogP contribution in [0, 0.1) is 6.92 Å². The van der Waals surface area contributed by atoms with E-state index in [1.54, 1.807) is 0 Å². The third-order valence-electron chi connectivity index (χ3n) is 4.61. The molecule has 5 nitrogen and oxygen atoms in total. The Labute approximate surface area is 165 Å². The molecule has 5 heteroatoms. The van der Waals surface area contributed by atoms with Crippen LogP contribution in [-0.2, 0) is 17.9 Å². The summed E-state index contributed by atoms with van der Waals surface area (Å²) in [5, 5.41) is 2.95. The molecule has 0 radical (unpaired) electrons. The highest BCUT2D eigenvalue weighted by molar-refractivity contribution is 5.94. The summed E-state index contributed by atoms with van der Waals surface area (Å²) >= 11 is 0. The van der Waals surface area contributed by atoms with Gasteiger partial charge in [0.25, 0.3) is 0 Å². The van der Waals surface area contributed by atoms with Gasteiger partial charge in [-0.1, -0.05) is 30.3 Å². The van der Waals surface area contributed by atoms with Gasteiger partial charge in [0.1, 0.15) is 23.9 Å². The van der Waals surface area contributed by atoms with Crippen LogP contribution in [0.25, 0.3) is 0 Å². The highest BCUT2D eigenvalue weighted by Gasteiger charge is 2.19. The summed E-state index contributed by atoms with van der Waals surface area (Å²) in [5.74, 6) is 2.42. The molecule has 0 aliphatic heterocycles. The molecule has 0 spiro atoms. The van der Waals surface area contributed by atoms with Gasteiger partial charge in [-0.25, -0.2) is 0 Å². The number of rotatable bonds is 8. The Kier molecular flexibility index (Phi) is 6.50. The van der Waals surface area contributed by atoms with Crippen LogP contribution in [0.15, 0.2) is 71.1 Å². The van der Waals surface area contributed by atoms with Crippen LogP contribution in [0.4, 0.5) is 5.69 Å². The average Bonchev–Trinajstić information content (AvgIpc) is 3.12. The van der Waals surface area contributed by atoms with Crippen molar-refractivity contribution in [3.8, 4) is 5.75 Å². The van der Waals surface area contributed by atoms with Gasteiger partial charge in [-0.3, -0.25) is 9.69 Å². The van der Waals surface area contributed by atoms with Gasteiger partial charge in [0.2, 0.25) is 5.91 Å². The van der Waals surface area contributed by atoms with E-state index in [0.29, 0.717) is 13.2 Å². The Morgan fingerprint density at radius 1 is 1.07 bits per heavy atom. The summed E-state index contributed by atoms with van der Waals surface area (Å²) in [5.41, 5.74) is 1.86. The van der Waals surface area contributed by atoms with Crippen molar-refractivity contribution in [1.29, 1.82) is 0 Å². The van der Waals surface area contributed by atoms with E-state index in [4.69, 9.17) is 9.15 Å². The van der Waals surface area contributed by atoms with Crippen LogP contribution in [0.1, 0.15) is 24.0 Å². The first-order valence-corrected chi connectivity index (χ1v) is 9.34. The van der Waals surface area contributed by atoms with Crippen molar-refractivity contribution in [3.05, 3.63) is 83.8 Å². The van der Waals surface area contributed by atoms with Crippen LogP contribution in [-0.4, -0.2) is 23.9 Å². The second-order valence-electron chi connectivity index (χ2n) is 6.89. The van der Waals surface area contributed by atoms with E-state index in [2.05, 4.69) is 5.32 Å². The van der Waals surface area contributed by atoms with E-state index in [-0.39, 0.29) is 11.9 Å². The van der Waals surface area contributed by atoms with Gasteiger partial charge < -0.3 is 14.5 Å². The molecular formula is C23H26N2O3. The molecular weight excluding hydrogens is 352 g/mol. The molecule has 146 valence electrons. The van der Waals surface area contributed by atoms with Gasteiger partial charge in [0.15, 0.2) is 0 Å². The molecule has 3 aromatic rings. The second kappa shape index (κ2) is 9.24. The molecule has 3 rings (SSSR count). The Morgan fingerprint density at radius 2 is 1.79 bits per heavy atom. The van der Waals surface area contributed by atoms with Crippen molar-refractivity contribution in [2.75, 3.05) is 12.4 Å². The SMILES string of the molecule is Cc1ccc(CN(C)[C@@H](C)C(=O)Nc2ccc(OCc3ccccc3)cc2)o1. The number of hydrogen-bond acceptors (Lipinski definition) is 4. The lowest BCUT2D eigenvalue weighted by molar-refractivity contribution is -0.120. The topological polar surface area (TPSA) is 54.7 Å². The van der Waals surface area contributed by atoms with Gasteiger partial charge in [-0.05, 0) is 62.9 Å². The molecule has 28 heavy (non-hydrogen) atoms. The molecule has 0 saturated carbocycles. The number of benzene rings is 2. The van der Waals surface area contributed by atoms with E-state index in [1.807, 2.05) is 92.5 Å². The van der Waals surface area contributed by atoms with Crippen LogP contribution < -0.4 is 10.1 Å². The summed E-state index contributed by atoms with van der Waals surface area (Å²) in [7, 11) is 1.91. The smallest absolute Gasteiger partial charge is 0.241 e. The fraction of sp³-hybridized carbons (Fsp3) is 0.261. The predicted octanol–water partition coefficient (Wildman–Crippen LogP) is 4.63. The summed E-state index contributed by atoms with van der Waals surface area (Å²) in [4.78, 5) is 14.5. The first-order valence-electron chi connectivity index (χ1n) is 9.34. The monoisotopic (exact) mass is 378 g/mol. The molecule has 0 saturated heterocycles. The van der Waals surface area contributed by atoms with E-state index in [0.717, 1.165) is 28.5 Å². The molecule has 1 atom stereocenters. The van der Waals surface area contributed by atoms with E-state index in [1.165, 1.54) is 0 Å². The van der Waals surface area contributed by atoms with Crippen molar-refractivity contribution in [1.82, 2.24) is 4.90 Å². The van der Waals surface area contributed by atoms with Gasteiger partial charge >= 0.3 is 0 Å². The van der Waals surface area contributed by atoms with Crippen molar-refractivity contribution in [2.45, 2.75) is 33.0 Å². The molecule has 1 N–H and O–H groups in total. The minimum Gasteiger partial charge on any atom is -0.489 e. The summed E-state index contributed by atoms with van der Waals surface area (Å²) in [6, 6.07) is 21.0. The number of carbonyl (C=O) groups excluding carboxylic acids is 1. The zero-order valence-electron chi connectivity index (χ0n) is 16.5. The van der Waals surface area contributed by atoms with Crippen molar-refractivity contribution < 1.29 is 13.9 Å². The number of furan rings is 1. The van der Waals surface area contributed by atoms with Crippen molar-refractivity contribution in [3.63, 3.8) is 0 Å². The van der Waals surface area contributed by atoms with Gasteiger partial charge in [0, 0.05) is 5.69 Å². The number of nitrogens with zero attached hydrogens (tertiary/aromatic N) is 1. The molecule has 0 aliphatic rings. The standard InChI is InChI=1S/C23H26N2O3/c1-17-9-12-22(28-17)15-25(3)18(2)23(26)24-20-10-13-21(14-11-20)27-16-19-7-5-4-6-8-19/h4-14,18H,15-16H2,1-3H3,(H,24,26)/t18-/m0/s1. The number of nitrogens with one attached hydrogen (secondary N) is 1. The van der Waals surface area contributed by atoms with Crippen molar-refractivity contribution in [2.24, 2.45) is 0 Å². The third-order valence-corrected chi connectivity index (χ3v) is 4.61. The van der Waals surface area contributed by atoms with Gasteiger partial charge in [-0.15, -0.1) is 0 Å². The number of anilines is 1. The highest BCUT2D eigenvalue weighted by Crippen LogP contribution is 2.18. The molecule has 1 heterocycles. The van der Waals surface area contributed by atoms with E-state index in [9.17, 15) is 4.79 Å². The van der Waals surface area contributed by atoms with Crippen molar-refractivity contribution >= 4 is 11.6 Å². The zero-order chi connectivity index (χ0) is 19.9. The molecule has 0 bridgehead atoms. The number of likely N-dealkylation sites (N-methyl/N-ethyl adjacent to an activating group) is 1. The van der Waals surface area contributed by atoms with Crippen LogP contribution in [0.3, 0.4) is 0 Å². The third kappa shape index (κ3) is 5.47. The Morgan fingerprint density at radius 3 is 2.43 bits per heavy atom. The van der Waals surface area contributed by atoms with Crippen LogP contribution in [0.2, 0.25) is 0 Å². The lowest BCUT2D eigenvalue weighted by atomic mass is 10.2. The molecule has 0 fully saturated rings. The van der Waals surface area contributed by atoms with Gasteiger partial charge in [-0.2, -0.15) is 0 Å². The van der Waals surface area contributed by atoms with Crippen LogP contribution >= 0.6 is 0 Å². The van der Waals surface area contributed by atoms with Gasteiger partial charge in [0.05, 0.1) is 12.6 Å². The maximum Gasteiger partial charge on any atom is 0.241 e. The minimum atomic E-state index is -0.292. The Bertz CT molecular complexity index is 888. The average molecular weight is 378 g/mol. The number of amides is 1. The maximum absolute atomic E-state index is 12.5. The summed E-state index contributed by atoms with van der Waals surface area (Å²) in [6.07, 6.45) is 0. The maximum atomic E-state index is 12.5. The normalized spacial score (nSPS) is 12.0. The predicted molar refractivity (Wildman–Crippen MR) is 110 cm³/mol. The number of hydrogen-bond donors (Lipinski definition) is 1. The summed E-state index contributed by atoms with van der Waals surface area (Å²) in [6.45, 7) is 4.88. The Hall–Kier alpha value is -3.05. The molecule has 1 aromatic heterocycles. The fourth-order valence-corrected chi connectivity index (χ4v) is 2.78. The number of aryl methyl sites for hydroxylation is 1. The number of ether oxygens (including phenoxy) is 1. The molecule has 0 unspecified atom stereocenters. The minimum absolute atomic E-state index is 0.0660. The molecule has 0 aliphatic carbocycles.